The Balaban J connectivity index is 1.70. The third-order valence-electron chi connectivity index (χ3n) is 4.48. The van der Waals surface area contributed by atoms with Crippen molar-refractivity contribution in [2.75, 3.05) is 25.4 Å². The average Bonchev–Trinajstić information content (AvgIpc) is 2.48. The van der Waals surface area contributed by atoms with Crippen LogP contribution in [0.4, 0.5) is 5.69 Å². The van der Waals surface area contributed by atoms with E-state index in [0.29, 0.717) is 22.7 Å². The summed E-state index contributed by atoms with van der Waals surface area (Å²) in [5.74, 6) is 0.550. The number of amides is 1. The summed E-state index contributed by atoms with van der Waals surface area (Å²) in [6.45, 7) is 3.29. The number of nitrogens with zero attached hydrogens (tertiary/aromatic N) is 1. The third-order valence-corrected chi connectivity index (χ3v) is 4.48. The molecule has 0 spiro atoms. The van der Waals surface area contributed by atoms with Gasteiger partial charge in [-0.2, -0.15) is 0 Å². The van der Waals surface area contributed by atoms with Crippen LogP contribution in [0.15, 0.2) is 18.2 Å². The molecule has 1 atom stereocenters. The lowest BCUT2D eigenvalue weighted by Crippen LogP contribution is -2.57. The first kappa shape index (κ1) is 13.1. The van der Waals surface area contributed by atoms with Crippen LogP contribution in [0, 0.1) is 11.3 Å². The number of piperidine rings is 3. The molecule has 3 aliphatic heterocycles. The van der Waals surface area contributed by atoms with Gasteiger partial charge in [0.05, 0.1) is 0 Å². The van der Waals surface area contributed by atoms with Crippen molar-refractivity contribution in [2.24, 2.45) is 5.92 Å². The molecule has 20 heavy (non-hydrogen) atoms. The van der Waals surface area contributed by atoms with Crippen molar-refractivity contribution in [3.05, 3.63) is 29.3 Å². The van der Waals surface area contributed by atoms with Crippen LogP contribution in [0.1, 0.15) is 28.8 Å². The fourth-order valence-corrected chi connectivity index (χ4v) is 3.23. The molecule has 1 amide bonds. The van der Waals surface area contributed by atoms with Crippen LogP contribution in [-0.2, 0) is 0 Å². The van der Waals surface area contributed by atoms with Crippen molar-refractivity contribution >= 4 is 17.8 Å². The predicted molar refractivity (Wildman–Crippen MR) is 79.2 cm³/mol. The Labute approximate surface area is 118 Å². The fourth-order valence-electron chi connectivity index (χ4n) is 3.23. The summed E-state index contributed by atoms with van der Waals surface area (Å²) in [6, 6.07) is 5.35. The SMILES string of the molecule is N=Cc1ccc(C(=O)N[C@@H]2CN3CCC2CC3)cc1N. The quantitative estimate of drug-likeness (QED) is 0.569. The lowest BCUT2D eigenvalue weighted by atomic mass is 9.84. The molecule has 5 nitrogen and oxygen atoms in total. The van der Waals surface area contributed by atoms with E-state index in [-0.39, 0.29) is 11.9 Å². The van der Waals surface area contributed by atoms with Crippen molar-refractivity contribution in [1.82, 2.24) is 10.2 Å². The Morgan fingerprint density at radius 3 is 2.70 bits per heavy atom. The van der Waals surface area contributed by atoms with E-state index < -0.39 is 0 Å². The number of benzene rings is 1. The smallest absolute Gasteiger partial charge is 0.251 e. The largest absolute Gasteiger partial charge is 0.398 e. The normalized spacial score (nSPS) is 28.1. The molecule has 0 unspecified atom stereocenters. The van der Waals surface area contributed by atoms with Crippen LogP contribution in [-0.4, -0.2) is 42.7 Å². The molecule has 3 heterocycles. The summed E-state index contributed by atoms with van der Waals surface area (Å²) in [7, 11) is 0. The van der Waals surface area contributed by atoms with Gasteiger partial charge >= 0.3 is 0 Å². The van der Waals surface area contributed by atoms with E-state index >= 15 is 0 Å². The van der Waals surface area contributed by atoms with Gasteiger partial charge in [-0.15, -0.1) is 0 Å². The van der Waals surface area contributed by atoms with Crippen LogP contribution < -0.4 is 11.1 Å². The van der Waals surface area contributed by atoms with Crippen LogP contribution in [0.25, 0.3) is 0 Å². The molecule has 4 N–H and O–H groups in total. The van der Waals surface area contributed by atoms with Gasteiger partial charge in [0.1, 0.15) is 0 Å². The summed E-state index contributed by atoms with van der Waals surface area (Å²) < 4.78 is 0. The van der Waals surface area contributed by atoms with Gasteiger partial charge in [-0.1, -0.05) is 6.07 Å². The van der Waals surface area contributed by atoms with E-state index in [4.69, 9.17) is 11.1 Å². The zero-order valence-electron chi connectivity index (χ0n) is 11.4. The Morgan fingerprint density at radius 2 is 2.15 bits per heavy atom. The number of hydrogen-bond donors (Lipinski definition) is 3. The topological polar surface area (TPSA) is 82.2 Å². The van der Waals surface area contributed by atoms with Gasteiger partial charge in [0, 0.05) is 35.6 Å². The number of carbonyl (C=O) groups is 1. The molecular weight excluding hydrogens is 252 g/mol. The molecule has 1 aromatic rings. The van der Waals surface area contributed by atoms with Gasteiger partial charge in [-0.3, -0.25) is 4.79 Å². The van der Waals surface area contributed by atoms with Crippen molar-refractivity contribution < 1.29 is 4.79 Å². The van der Waals surface area contributed by atoms with E-state index in [1.807, 2.05) is 0 Å². The second-order valence-electron chi connectivity index (χ2n) is 5.71. The first-order chi connectivity index (χ1) is 9.67. The summed E-state index contributed by atoms with van der Waals surface area (Å²) in [6.07, 6.45) is 3.56. The second-order valence-corrected chi connectivity index (χ2v) is 5.71. The molecule has 0 saturated carbocycles. The van der Waals surface area contributed by atoms with E-state index in [9.17, 15) is 4.79 Å². The van der Waals surface area contributed by atoms with Gasteiger partial charge in [-0.25, -0.2) is 0 Å². The van der Waals surface area contributed by atoms with Crippen molar-refractivity contribution in [3.63, 3.8) is 0 Å². The minimum absolute atomic E-state index is 0.0630. The lowest BCUT2D eigenvalue weighted by Gasteiger charge is -2.44. The minimum Gasteiger partial charge on any atom is -0.398 e. The molecule has 106 valence electrons. The number of nitrogens with one attached hydrogen (secondary N) is 2. The number of nitrogen functional groups attached to an aromatic ring is 1. The molecule has 3 aliphatic rings. The van der Waals surface area contributed by atoms with E-state index in [1.165, 1.54) is 19.1 Å². The maximum absolute atomic E-state index is 12.3. The third kappa shape index (κ3) is 2.41. The summed E-state index contributed by atoms with van der Waals surface area (Å²) in [5, 5.41) is 10.4. The van der Waals surface area contributed by atoms with Crippen molar-refractivity contribution in [2.45, 2.75) is 18.9 Å². The highest BCUT2D eigenvalue weighted by molar-refractivity contribution is 5.97. The minimum atomic E-state index is -0.0630. The van der Waals surface area contributed by atoms with Gasteiger partial charge in [0.15, 0.2) is 0 Å². The molecule has 0 aliphatic carbocycles. The Morgan fingerprint density at radius 1 is 1.40 bits per heavy atom. The molecule has 4 rings (SSSR count). The first-order valence-corrected chi connectivity index (χ1v) is 7.10. The lowest BCUT2D eigenvalue weighted by molar-refractivity contribution is 0.0620. The molecule has 2 bridgehead atoms. The standard InChI is InChI=1S/C15H20N4O/c16-8-12-2-1-11(7-13(12)17)15(20)18-14-9-19-5-3-10(14)4-6-19/h1-2,7-8,10,14,16H,3-6,9,17H2,(H,18,20)/t14-/m1/s1. The summed E-state index contributed by atoms with van der Waals surface area (Å²) in [5.41, 5.74) is 7.51. The highest BCUT2D eigenvalue weighted by atomic mass is 16.1. The number of hydrogen-bond acceptors (Lipinski definition) is 4. The van der Waals surface area contributed by atoms with Crippen molar-refractivity contribution in [1.29, 1.82) is 5.41 Å². The van der Waals surface area contributed by atoms with Crippen molar-refractivity contribution in [3.8, 4) is 0 Å². The number of fused-ring (bicyclic) bond motifs is 3. The predicted octanol–water partition coefficient (Wildman–Crippen LogP) is 1.09. The highest BCUT2D eigenvalue weighted by Gasteiger charge is 2.34. The Hall–Kier alpha value is -1.88. The summed E-state index contributed by atoms with van der Waals surface area (Å²) in [4.78, 5) is 14.7. The van der Waals surface area contributed by atoms with E-state index in [1.54, 1.807) is 18.2 Å². The van der Waals surface area contributed by atoms with Crippen LogP contribution in [0.2, 0.25) is 0 Å². The summed E-state index contributed by atoms with van der Waals surface area (Å²) >= 11 is 0. The van der Waals surface area contributed by atoms with Gasteiger partial charge in [0.25, 0.3) is 5.91 Å². The van der Waals surface area contributed by atoms with Gasteiger partial charge in [-0.05, 0) is 44.0 Å². The number of rotatable bonds is 3. The first-order valence-electron chi connectivity index (χ1n) is 7.10. The highest BCUT2D eigenvalue weighted by Crippen LogP contribution is 2.27. The zero-order valence-corrected chi connectivity index (χ0v) is 11.4. The number of anilines is 1. The van der Waals surface area contributed by atoms with Gasteiger partial charge in [0.2, 0.25) is 0 Å². The zero-order chi connectivity index (χ0) is 14.1. The van der Waals surface area contributed by atoms with Gasteiger partial charge < -0.3 is 21.4 Å². The fraction of sp³-hybridized carbons (Fsp3) is 0.467. The average molecular weight is 272 g/mol. The number of nitrogens with two attached hydrogens (primary N) is 1. The molecule has 3 saturated heterocycles. The monoisotopic (exact) mass is 272 g/mol. The maximum Gasteiger partial charge on any atom is 0.251 e. The molecule has 3 fully saturated rings. The molecule has 0 aromatic heterocycles. The molecule has 1 aromatic carbocycles. The maximum atomic E-state index is 12.3. The molecule has 0 radical (unpaired) electrons. The molecular formula is C15H20N4O. The van der Waals surface area contributed by atoms with E-state index in [2.05, 4.69) is 10.2 Å². The van der Waals surface area contributed by atoms with Crippen LogP contribution >= 0.6 is 0 Å². The Kier molecular flexibility index (Phi) is 3.44. The molecule has 5 heteroatoms. The second kappa shape index (κ2) is 5.25. The number of carbonyl (C=O) groups excluding carboxylic acids is 1. The van der Waals surface area contributed by atoms with Crippen LogP contribution in [0.3, 0.4) is 0 Å². The van der Waals surface area contributed by atoms with Crippen LogP contribution in [0.5, 0.6) is 0 Å². The Bertz CT molecular complexity index is 535. The van der Waals surface area contributed by atoms with E-state index in [0.717, 1.165) is 19.6 Å².